The third-order valence-corrected chi connectivity index (χ3v) is 2.46. The summed E-state index contributed by atoms with van der Waals surface area (Å²) in [7, 11) is 1.77. The van der Waals surface area contributed by atoms with Crippen molar-refractivity contribution in [1.82, 2.24) is 5.32 Å². The van der Waals surface area contributed by atoms with Crippen LogP contribution < -0.4 is 5.32 Å². The molecule has 0 heterocycles. The molecule has 1 aromatic rings. The molecule has 1 rings (SSSR count). The van der Waals surface area contributed by atoms with Crippen LogP contribution in [-0.4, -0.2) is 68.4 Å². The Labute approximate surface area is 126 Å². The topological polar surface area (TPSA) is 168 Å². The first kappa shape index (κ1) is 19.8. The Morgan fingerprint density at radius 2 is 1.59 bits per heavy atom. The van der Waals surface area contributed by atoms with E-state index < -0.39 is 30.3 Å². The van der Waals surface area contributed by atoms with E-state index in [9.17, 15) is 14.7 Å². The number of carbonyl (C=O) groups is 2. The van der Waals surface area contributed by atoms with Crippen LogP contribution in [0.15, 0.2) is 24.3 Å². The molecule has 0 bridgehead atoms. The largest absolute Gasteiger partial charge is 0.508 e. The normalized spacial score (nSPS) is 14.2. The van der Waals surface area contributed by atoms with Crippen molar-refractivity contribution in [2.45, 2.75) is 18.3 Å². The minimum absolute atomic E-state index is 0.183. The molecule has 7 N–H and O–H groups in total. The van der Waals surface area contributed by atoms with Gasteiger partial charge < -0.3 is 36.0 Å². The number of nitrogens with one attached hydrogen (secondary N) is 1. The van der Waals surface area contributed by atoms with E-state index in [0.717, 1.165) is 5.56 Å². The van der Waals surface area contributed by atoms with Crippen molar-refractivity contribution in [3.63, 3.8) is 0 Å². The molecule has 9 heteroatoms. The van der Waals surface area contributed by atoms with Crippen molar-refractivity contribution in [3.8, 4) is 5.75 Å². The number of aromatic hydroxyl groups is 1. The Morgan fingerprint density at radius 3 is 1.95 bits per heavy atom. The molecule has 9 nitrogen and oxygen atoms in total. The molecule has 3 atom stereocenters. The maximum Gasteiger partial charge on any atom is 0.335 e. The number of aliphatic carboxylic acids is 2. The SMILES string of the molecule is CNC[C@@H](O)c1cccc(O)c1.O=C(O)[C@H](O)[C@@H](O)C(=O)O. The summed E-state index contributed by atoms with van der Waals surface area (Å²) < 4.78 is 0. The fraction of sp³-hybridized carbons (Fsp3) is 0.385. The Hall–Kier alpha value is -2.20. The van der Waals surface area contributed by atoms with Gasteiger partial charge in [-0.3, -0.25) is 0 Å². The van der Waals surface area contributed by atoms with Crippen LogP contribution in [0.25, 0.3) is 0 Å². The van der Waals surface area contributed by atoms with E-state index in [1.807, 2.05) is 0 Å². The average molecular weight is 317 g/mol. The number of hydrogen-bond donors (Lipinski definition) is 7. The molecule has 0 radical (unpaired) electrons. The Kier molecular flexibility index (Phi) is 8.72. The summed E-state index contributed by atoms with van der Waals surface area (Å²) in [4.78, 5) is 19.5. The minimum Gasteiger partial charge on any atom is -0.508 e. The first-order chi connectivity index (χ1) is 10.2. The third kappa shape index (κ3) is 6.99. The zero-order valence-electron chi connectivity index (χ0n) is 11.7. The second kappa shape index (κ2) is 9.68. The van der Waals surface area contributed by atoms with Crippen LogP contribution in [-0.2, 0) is 9.59 Å². The van der Waals surface area contributed by atoms with Crippen LogP contribution in [0.3, 0.4) is 0 Å². The quantitative estimate of drug-likeness (QED) is 0.331. The first-order valence-electron chi connectivity index (χ1n) is 6.14. The number of phenolic OH excluding ortho intramolecular Hbond substituents is 1. The Bertz CT molecular complexity index is 475. The average Bonchev–Trinajstić information content (AvgIpc) is 2.46. The highest BCUT2D eigenvalue weighted by Gasteiger charge is 2.29. The number of benzene rings is 1. The summed E-state index contributed by atoms with van der Waals surface area (Å²) in [5, 5.41) is 53.9. The highest BCUT2D eigenvalue weighted by atomic mass is 16.4. The second-order valence-corrected chi connectivity index (χ2v) is 4.23. The number of hydrogen-bond acceptors (Lipinski definition) is 7. The number of rotatable bonds is 6. The molecule has 0 saturated carbocycles. The van der Waals surface area contributed by atoms with E-state index in [2.05, 4.69) is 5.32 Å². The summed E-state index contributed by atoms with van der Waals surface area (Å²) in [5.74, 6) is -3.35. The zero-order chi connectivity index (χ0) is 17.3. The molecule has 22 heavy (non-hydrogen) atoms. The summed E-state index contributed by atoms with van der Waals surface area (Å²) in [5.41, 5.74) is 0.726. The Morgan fingerprint density at radius 1 is 1.09 bits per heavy atom. The number of likely N-dealkylation sites (N-methyl/N-ethyl adjacent to an activating group) is 1. The number of carboxylic acid groups (broad SMARTS) is 2. The van der Waals surface area contributed by atoms with Crippen LogP contribution in [0.2, 0.25) is 0 Å². The van der Waals surface area contributed by atoms with Gasteiger partial charge in [0.15, 0.2) is 12.2 Å². The fourth-order valence-corrected chi connectivity index (χ4v) is 1.31. The number of phenols is 1. The lowest BCUT2D eigenvalue weighted by Crippen LogP contribution is -2.39. The molecule has 124 valence electrons. The summed E-state index contributed by atoms with van der Waals surface area (Å²) in [6.07, 6.45) is -5.09. The predicted octanol–water partition coefficient (Wildman–Crippen LogP) is -1.48. The summed E-state index contributed by atoms with van der Waals surface area (Å²) >= 11 is 0. The highest BCUT2D eigenvalue weighted by molar-refractivity contribution is 5.83. The van der Waals surface area contributed by atoms with E-state index in [-0.39, 0.29) is 5.75 Å². The van der Waals surface area contributed by atoms with Gasteiger partial charge >= 0.3 is 11.9 Å². The molecule has 0 aliphatic heterocycles. The smallest absolute Gasteiger partial charge is 0.335 e. The molecule has 0 saturated heterocycles. The summed E-state index contributed by atoms with van der Waals surface area (Å²) in [6.45, 7) is 0.490. The highest BCUT2D eigenvalue weighted by Crippen LogP contribution is 2.17. The molecule has 0 fully saturated rings. The lowest BCUT2D eigenvalue weighted by Gasteiger charge is -2.09. The molecular formula is C13H19NO8. The molecule has 1 aromatic carbocycles. The third-order valence-electron chi connectivity index (χ3n) is 2.46. The van der Waals surface area contributed by atoms with Gasteiger partial charge in [0.25, 0.3) is 0 Å². The summed E-state index contributed by atoms with van der Waals surface area (Å²) in [6, 6.07) is 6.63. The lowest BCUT2D eigenvalue weighted by atomic mass is 10.1. The molecule has 0 amide bonds. The van der Waals surface area contributed by atoms with E-state index >= 15 is 0 Å². The van der Waals surface area contributed by atoms with Gasteiger partial charge in [-0.05, 0) is 24.7 Å². The maximum atomic E-state index is 9.77. The van der Waals surface area contributed by atoms with Gasteiger partial charge in [0.1, 0.15) is 5.75 Å². The van der Waals surface area contributed by atoms with Gasteiger partial charge in [0.2, 0.25) is 0 Å². The van der Waals surface area contributed by atoms with Gasteiger partial charge in [-0.15, -0.1) is 0 Å². The monoisotopic (exact) mass is 317 g/mol. The molecule has 0 spiro atoms. The fourth-order valence-electron chi connectivity index (χ4n) is 1.31. The molecular weight excluding hydrogens is 298 g/mol. The van der Waals surface area contributed by atoms with Crippen LogP contribution >= 0.6 is 0 Å². The minimum atomic E-state index is -2.27. The zero-order valence-corrected chi connectivity index (χ0v) is 11.7. The maximum absolute atomic E-state index is 9.77. The van der Waals surface area contributed by atoms with Crippen LogP contribution in [0, 0.1) is 0 Å². The van der Waals surface area contributed by atoms with Crippen molar-refractivity contribution >= 4 is 11.9 Å². The molecule has 0 aliphatic carbocycles. The molecule has 0 aromatic heterocycles. The van der Waals surface area contributed by atoms with E-state index in [1.54, 1.807) is 31.3 Å². The number of aliphatic hydroxyl groups is 3. The molecule has 0 aliphatic rings. The van der Waals surface area contributed by atoms with Gasteiger partial charge in [-0.1, -0.05) is 12.1 Å². The van der Waals surface area contributed by atoms with Crippen LogP contribution in [0.4, 0.5) is 0 Å². The van der Waals surface area contributed by atoms with Crippen molar-refractivity contribution in [2.24, 2.45) is 0 Å². The van der Waals surface area contributed by atoms with E-state index in [0.29, 0.717) is 6.54 Å². The van der Waals surface area contributed by atoms with Crippen molar-refractivity contribution in [3.05, 3.63) is 29.8 Å². The Balaban J connectivity index is 0.000000409. The van der Waals surface area contributed by atoms with Gasteiger partial charge in [-0.2, -0.15) is 0 Å². The van der Waals surface area contributed by atoms with E-state index in [1.165, 1.54) is 0 Å². The van der Waals surface area contributed by atoms with Gasteiger partial charge in [0.05, 0.1) is 6.10 Å². The van der Waals surface area contributed by atoms with Crippen molar-refractivity contribution < 1.29 is 40.2 Å². The van der Waals surface area contributed by atoms with Crippen LogP contribution in [0.5, 0.6) is 5.75 Å². The molecule has 0 unspecified atom stereocenters. The first-order valence-corrected chi connectivity index (χ1v) is 6.14. The van der Waals surface area contributed by atoms with Gasteiger partial charge in [-0.25, -0.2) is 9.59 Å². The standard InChI is InChI=1S/C9H13NO2.C4H6O6/c1-10-6-9(12)7-3-2-4-8(11)5-7;5-1(3(7)8)2(6)4(9)10/h2-5,9-12H,6H2,1H3;1-2,5-6H,(H,7,8)(H,9,10)/t9-;1-,2-/m11/s1. The van der Waals surface area contributed by atoms with Crippen molar-refractivity contribution in [2.75, 3.05) is 13.6 Å². The van der Waals surface area contributed by atoms with Crippen molar-refractivity contribution in [1.29, 1.82) is 0 Å². The predicted molar refractivity (Wildman–Crippen MR) is 74.3 cm³/mol. The second-order valence-electron chi connectivity index (χ2n) is 4.23. The lowest BCUT2D eigenvalue weighted by molar-refractivity contribution is -0.165. The van der Waals surface area contributed by atoms with E-state index in [4.69, 9.17) is 25.5 Å². The van der Waals surface area contributed by atoms with Crippen LogP contribution in [0.1, 0.15) is 11.7 Å². The number of aliphatic hydroxyl groups excluding tert-OH is 3. The van der Waals surface area contributed by atoms with Gasteiger partial charge in [0, 0.05) is 6.54 Å². The number of carboxylic acids is 2.